The number of nitrogens with one attached hydrogen (secondary N) is 1. The number of phenolic OH excluding ortho intramolecular Hbond substituents is 1. The van der Waals surface area contributed by atoms with E-state index in [1.807, 2.05) is 26.0 Å². The molecule has 0 unspecified atom stereocenters. The number of anilines is 1. The minimum Gasteiger partial charge on any atom is -0.507 e. The van der Waals surface area contributed by atoms with Crippen LogP contribution < -0.4 is 10.2 Å². The number of amides is 1. The first-order valence-corrected chi connectivity index (χ1v) is 9.32. The molecule has 1 amide bonds. The molecular formula is C20H28N4O3. The summed E-state index contributed by atoms with van der Waals surface area (Å²) in [5.74, 6) is 1.82. The van der Waals surface area contributed by atoms with E-state index in [0.717, 1.165) is 31.7 Å². The fourth-order valence-corrected chi connectivity index (χ4v) is 3.02. The van der Waals surface area contributed by atoms with Gasteiger partial charge in [0.1, 0.15) is 11.6 Å². The van der Waals surface area contributed by atoms with E-state index in [1.165, 1.54) is 0 Å². The molecule has 0 atom stereocenters. The number of benzene rings is 1. The van der Waals surface area contributed by atoms with Gasteiger partial charge in [0.15, 0.2) is 5.82 Å². The molecule has 1 aromatic heterocycles. The summed E-state index contributed by atoms with van der Waals surface area (Å²) in [5.41, 5.74) is 0.615. The zero-order valence-corrected chi connectivity index (χ0v) is 15.8. The molecule has 0 saturated carbocycles. The molecule has 0 spiro atoms. The molecule has 0 radical (unpaired) electrons. The fourth-order valence-electron chi connectivity index (χ4n) is 3.02. The molecule has 0 bridgehead atoms. The minimum absolute atomic E-state index is 0. The lowest BCUT2D eigenvalue weighted by molar-refractivity contribution is 0.128. The Morgan fingerprint density at radius 2 is 2.07 bits per heavy atom. The number of aromatic hydroxyl groups is 1. The standard InChI is InChI=1S/C20H26N4O3.H2/c1-14(2)13-27-20(26)22-15-8-11-24(12-9-15)18-7-10-21-19(23-18)16-5-3-4-6-17(16)25;/h3-7,10,14-15,25H,8-9,11-13H2,1-2H3,(H,22,26);1H. The monoisotopic (exact) mass is 372 g/mol. The van der Waals surface area contributed by atoms with Crippen molar-refractivity contribution in [1.82, 2.24) is 15.3 Å². The predicted octanol–water partition coefficient (Wildman–Crippen LogP) is 3.45. The summed E-state index contributed by atoms with van der Waals surface area (Å²) >= 11 is 0. The van der Waals surface area contributed by atoms with Crippen LogP contribution in [0.2, 0.25) is 0 Å². The molecule has 7 nitrogen and oxygen atoms in total. The summed E-state index contributed by atoms with van der Waals surface area (Å²) in [6.45, 7) is 6.02. The maximum absolute atomic E-state index is 11.8. The van der Waals surface area contributed by atoms with Crippen molar-refractivity contribution in [3.05, 3.63) is 36.5 Å². The van der Waals surface area contributed by atoms with Gasteiger partial charge in [-0.05, 0) is 37.0 Å². The molecule has 0 aliphatic carbocycles. The maximum Gasteiger partial charge on any atom is 0.407 e. The van der Waals surface area contributed by atoms with Crippen molar-refractivity contribution in [2.24, 2.45) is 5.92 Å². The van der Waals surface area contributed by atoms with Gasteiger partial charge in [0.25, 0.3) is 0 Å². The van der Waals surface area contributed by atoms with Crippen LogP contribution in [0.1, 0.15) is 28.1 Å². The van der Waals surface area contributed by atoms with Crippen LogP contribution >= 0.6 is 0 Å². The van der Waals surface area contributed by atoms with E-state index in [1.54, 1.807) is 24.4 Å². The summed E-state index contributed by atoms with van der Waals surface area (Å²) in [6.07, 6.45) is 3.02. The Balaban J connectivity index is 0.00000280. The van der Waals surface area contributed by atoms with Gasteiger partial charge in [-0.3, -0.25) is 0 Å². The van der Waals surface area contributed by atoms with Gasteiger partial charge in [-0.25, -0.2) is 14.8 Å². The first kappa shape index (κ1) is 18.9. The molecule has 1 aromatic carbocycles. The average molecular weight is 372 g/mol. The largest absolute Gasteiger partial charge is 0.507 e. The molecular weight excluding hydrogens is 344 g/mol. The Hall–Kier alpha value is -2.83. The van der Waals surface area contributed by atoms with Crippen molar-refractivity contribution < 1.29 is 16.1 Å². The number of ether oxygens (including phenoxy) is 1. The highest BCUT2D eigenvalue weighted by Crippen LogP contribution is 2.27. The molecule has 27 heavy (non-hydrogen) atoms. The minimum atomic E-state index is -0.342. The Kier molecular flexibility index (Phi) is 6.11. The van der Waals surface area contributed by atoms with Crippen LogP contribution in [0.25, 0.3) is 11.4 Å². The van der Waals surface area contributed by atoms with Gasteiger partial charge in [-0.15, -0.1) is 0 Å². The maximum atomic E-state index is 11.8. The number of nitrogens with zero attached hydrogens (tertiary/aromatic N) is 3. The third-order valence-electron chi connectivity index (χ3n) is 4.47. The number of hydrogen-bond donors (Lipinski definition) is 2. The molecule has 2 N–H and O–H groups in total. The molecule has 1 saturated heterocycles. The summed E-state index contributed by atoms with van der Waals surface area (Å²) in [6, 6.07) is 9.02. The van der Waals surface area contributed by atoms with Gasteiger partial charge >= 0.3 is 6.09 Å². The average Bonchev–Trinajstić information content (AvgIpc) is 2.67. The van der Waals surface area contributed by atoms with Crippen molar-refractivity contribution in [3.63, 3.8) is 0 Å². The van der Waals surface area contributed by atoms with Gasteiger partial charge in [0.05, 0.1) is 12.2 Å². The highest BCUT2D eigenvalue weighted by Gasteiger charge is 2.22. The Morgan fingerprint density at radius 1 is 1.33 bits per heavy atom. The van der Waals surface area contributed by atoms with Crippen molar-refractivity contribution in [3.8, 4) is 17.1 Å². The van der Waals surface area contributed by atoms with Crippen molar-refractivity contribution in [2.75, 3.05) is 24.6 Å². The van der Waals surface area contributed by atoms with Crippen LogP contribution in [0.15, 0.2) is 36.5 Å². The summed E-state index contributed by atoms with van der Waals surface area (Å²) in [4.78, 5) is 22.9. The van der Waals surface area contributed by atoms with Crippen molar-refractivity contribution in [2.45, 2.75) is 32.7 Å². The predicted molar refractivity (Wildman–Crippen MR) is 106 cm³/mol. The number of piperidine rings is 1. The molecule has 146 valence electrons. The van der Waals surface area contributed by atoms with Gasteiger partial charge in [-0.1, -0.05) is 26.0 Å². The lowest BCUT2D eigenvalue weighted by Gasteiger charge is -2.33. The smallest absolute Gasteiger partial charge is 0.407 e. The number of hydrogen-bond acceptors (Lipinski definition) is 6. The molecule has 1 fully saturated rings. The Labute approximate surface area is 160 Å². The number of rotatable bonds is 5. The normalized spacial score (nSPS) is 15.0. The van der Waals surface area contributed by atoms with E-state index in [9.17, 15) is 9.90 Å². The number of carbonyl (C=O) groups is 1. The Morgan fingerprint density at radius 3 is 2.78 bits per heavy atom. The van der Waals surface area contributed by atoms with Crippen LogP contribution in [0.5, 0.6) is 5.75 Å². The lowest BCUT2D eigenvalue weighted by atomic mass is 10.1. The third kappa shape index (κ3) is 5.09. The fraction of sp³-hybridized carbons (Fsp3) is 0.450. The SMILES string of the molecule is CC(C)COC(=O)NC1CCN(c2ccnc(-c3ccccc3O)n2)CC1.[HH]. The zero-order valence-electron chi connectivity index (χ0n) is 15.8. The first-order chi connectivity index (χ1) is 13.0. The van der Waals surface area contributed by atoms with E-state index in [4.69, 9.17) is 4.74 Å². The van der Waals surface area contributed by atoms with Crippen LogP contribution in [-0.2, 0) is 4.74 Å². The molecule has 3 rings (SSSR count). The summed E-state index contributed by atoms with van der Waals surface area (Å²) in [5, 5.41) is 13.0. The quantitative estimate of drug-likeness (QED) is 0.836. The second-order valence-corrected chi connectivity index (χ2v) is 7.15. The molecule has 2 heterocycles. The first-order valence-electron chi connectivity index (χ1n) is 9.32. The van der Waals surface area contributed by atoms with Crippen LogP contribution in [0.4, 0.5) is 10.6 Å². The number of aromatic nitrogens is 2. The third-order valence-corrected chi connectivity index (χ3v) is 4.47. The molecule has 7 heteroatoms. The van der Waals surface area contributed by atoms with Gasteiger partial charge in [0.2, 0.25) is 0 Å². The number of para-hydroxylation sites is 1. The summed E-state index contributed by atoms with van der Waals surface area (Å²) in [7, 11) is 0. The van der Waals surface area contributed by atoms with Crippen molar-refractivity contribution in [1.29, 1.82) is 0 Å². The van der Waals surface area contributed by atoms with Gasteiger partial charge < -0.3 is 20.1 Å². The van der Waals surface area contributed by atoms with E-state index < -0.39 is 0 Å². The second-order valence-electron chi connectivity index (χ2n) is 7.15. The van der Waals surface area contributed by atoms with Crippen LogP contribution in [-0.4, -0.2) is 46.9 Å². The number of carbonyl (C=O) groups excluding carboxylic acids is 1. The molecule has 2 aromatic rings. The van der Waals surface area contributed by atoms with Gasteiger partial charge in [0, 0.05) is 26.8 Å². The van der Waals surface area contributed by atoms with Crippen LogP contribution in [0, 0.1) is 5.92 Å². The summed E-state index contributed by atoms with van der Waals surface area (Å²) < 4.78 is 5.19. The topological polar surface area (TPSA) is 87.6 Å². The second kappa shape index (κ2) is 8.70. The van der Waals surface area contributed by atoms with Gasteiger partial charge in [-0.2, -0.15) is 0 Å². The number of alkyl carbamates (subject to hydrolysis) is 1. The highest BCUT2D eigenvalue weighted by atomic mass is 16.5. The lowest BCUT2D eigenvalue weighted by Crippen LogP contribution is -2.45. The van der Waals surface area contributed by atoms with Crippen molar-refractivity contribution >= 4 is 11.9 Å². The zero-order chi connectivity index (χ0) is 19.2. The van der Waals surface area contributed by atoms with Crippen LogP contribution in [0.3, 0.4) is 0 Å². The Bertz CT molecular complexity index is 780. The van der Waals surface area contributed by atoms with E-state index >= 15 is 0 Å². The molecule has 1 aliphatic rings. The number of phenols is 1. The molecule has 1 aliphatic heterocycles. The van der Waals surface area contributed by atoms with E-state index in [2.05, 4.69) is 20.2 Å². The highest BCUT2D eigenvalue weighted by molar-refractivity contribution is 5.67. The van der Waals surface area contributed by atoms with E-state index in [-0.39, 0.29) is 19.3 Å². The van der Waals surface area contributed by atoms with E-state index in [0.29, 0.717) is 23.9 Å².